The zero-order valence-electron chi connectivity index (χ0n) is 14.2. The number of rotatable bonds is 6. The second kappa shape index (κ2) is 8.51. The molecule has 0 aliphatic rings. The lowest BCUT2D eigenvalue weighted by molar-refractivity contribution is -0.137. The van der Waals surface area contributed by atoms with Gasteiger partial charge >= 0.3 is 6.18 Å². The van der Waals surface area contributed by atoms with Crippen LogP contribution in [0.1, 0.15) is 46.0 Å². The topological polar surface area (TPSA) is 58.2 Å². The molecule has 0 atom stereocenters. The van der Waals surface area contributed by atoms with Crippen LogP contribution in [0.25, 0.3) is 0 Å². The van der Waals surface area contributed by atoms with Crippen LogP contribution in [0.3, 0.4) is 0 Å². The highest BCUT2D eigenvalue weighted by Crippen LogP contribution is 2.30. The molecule has 0 fully saturated rings. The summed E-state index contributed by atoms with van der Waals surface area (Å²) in [6, 6.07) is 10.3. The van der Waals surface area contributed by atoms with Gasteiger partial charge in [-0.2, -0.15) is 13.2 Å². The Morgan fingerprint density at radius 2 is 1.58 bits per heavy atom. The lowest BCUT2D eigenvalue weighted by atomic mass is 10.1. The van der Waals surface area contributed by atoms with E-state index < -0.39 is 17.6 Å². The summed E-state index contributed by atoms with van der Waals surface area (Å²) in [6.07, 6.45) is -2.63. The predicted molar refractivity (Wildman–Crippen MR) is 93.1 cm³/mol. The third-order valence-corrected chi connectivity index (χ3v) is 3.67. The first-order chi connectivity index (χ1) is 12.3. The van der Waals surface area contributed by atoms with Crippen LogP contribution in [0.2, 0.25) is 0 Å². The van der Waals surface area contributed by atoms with E-state index >= 15 is 0 Å². The summed E-state index contributed by atoms with van der Waals surface area (Å²) in [7, 11) is 0. The molecular weight excluding hydrogens is 345 g/mol. The van der Waals surface area contributed by atoms with Gasteiger partial charge in [-0.1, -0.05) is 19.4 Å². The van der Waals surface area contributed by atoms with Crippen molar-refractivity contribution in [2.45, 2.75) is 25.9 Å². The average Bonchev–Trinajstić information content (AvgIpc) is 2.61. The maximum Gasteiger partial charge on any atom is 0.416 e. The van der Waals surface area contributed by atoms with Gasteiger partial charge in [0.15, 0.2) is 0 Å². The fourth-order valence-corrected chi connectivity index (χ4v) is 2.23. The van der Waals surface area contributed by atoms with Crippen molar-refractivity contribution in [3.8, 4) is 0 Å². The van der Waals surface area contributed by atoms with Crippen molar-refractivity contribution >= 4 is 17.5 Å². The maximum absolute atomic E-state index is 12.7. The Morgan fingerprint density at radius 1 is 0.962 bits per heavy atom. The Labute approximate surface area is 149 Å². The molecule has 7 heteroatoms. The summed E-state index contributed by atoms with van der Waals surface area (Å²) in [6.45, 7) is 2.59. The third-order valence-electron chi connectivity index (χ3n) is 3.67. The molecular formula is C19H19F3N2O2. The third kappa shape index (κ3) is 5.34. The monoisotopic (exact) mass is 364 g/mol. The van der Waals surface area contributed by atoms with E-state index in [0.717, 1.165) is 25.0 Å². The zero-order chi connectivity index (χ0) is 19.2. The number of unbranched alkanes of at least 4 members (excludes halogenated alkanes) is 1. The second-order valence-corrected chi connectivity index (χ2v) is 5.72. The minimum absolute atomic E-state index is 0.0474. The molecule has 0 radical (unpaired) electrons. The molecule has 2 N–H and O–H groups in total. The van der Waals surface area contributed by atoms with E-state index in [2.05, 4.69) is 10.6 Å². The Hall–Kier alpha value is -2.83. The van der Waals surface area contributed by atoms with Crippen molar-refractivity contribution < 1.29 is 22.8 Å². The number of hydrogen-bond acceptors (Lipinski definition) is 2. The molecule has 0 heterocycles. The molecule has 2 aromatic carbocycles. The normalized spacial score (nSPS) is 11.1. The molecule has 0 spiro atoms. The van der Waals surface area contributed by atoms with E-state index in [4.69, 9.17) is 0 Å². The summed E-state index contributed by atoms with van der Waals surface area (Å²) in [4.78, 5) is 24.1. The van der Waals surface area contributed by atoms with Crippen LogP contribution in [0.15, 0.2) is 48.5 Å². The first-order valence-electron chi connectivity index (χ1n) is 8.18. The number of hydrogen-bond donors (Lipinski definition) is 2. The minimum atomic E-state index is -4.48. The zero-order valence-corrected chi connectivity index (χ0v) is 14.2. The Bertz CT molecular complexity index is 771. The Balaban J connectivity index is 2.03. The van der Waals surface area contributed by atoms with E-state index in [1.54, 1.807) is 0 Å². The number of carbonyl (C=O) groups is 2. The smallest absolute Gasteiger partial charge is 0.352 e. The van der Waals surface area contributed by atoms with Crippen molar-refractivity contribution in [2.75, 3.05) is 11.9 Å². The molecule has 0 aliphatic heterocycles. The quantitative estimate of drug-likeness (QED) is 0.742. The van der Waals surface area contributed by atoms with Gasteiger partial charge in [0.1, 0.15) is 0 Å². The number of amides is 2. The molecule has 0 unspecified atom stereocenters. The fourth-order valence-electron chi connectivity index (χ4n) is 2.23. The van der Waals surface area contributed by atoms with Crippen molar-refractivity contribution in [3.63, 3.8) is 0 Å². The lowest BCUT2D eigenvalue weighted by Gasteiger charge is -2.10. The molecule has 4 nitrogen and oxygen atoms in total. The minimum Gasteiger partial charge on any atom is -0.352 e. The van der Waals surface area contributed by atoms with E-state index in [1.165, 1.54) is 36.4 Å². The Morgan fingerprint density at radius 3 is 2.15 bits per heavy atom. The highest BCUT2D eigenvalue weighted by molar-refractivity contribution is 6.05. The predicted octanol–water partition coefficient (Wildman–Crippen LogP) is 4.49. The van der Waals surface area contributed by atoms with Gasteiger partial charge in [0.2, 0.25) is 0 Å². The van der Waals surface area contributed by atoms with Crippen LogP contribution in [-0.2, 0) is 6.18 Å². The Kier molecular flexibility index (Phi) is 6.38. The van der Waals surface area contributed by atoms with Crippen LogP contribution in [0, 0.1) is 0 Å². The van der Waals surface area contributed by atoms with Crippen LogP contribution in [0.5, 0.6) is 0 Å². The summed E-state index contributed by atoms with van der Waals surface area (Å²) >= 11 is 0. The molecule has 0 saturated carbocycles. The van der Waals surface area contributed by atoms with E-state index in [0.29, 0.717) is 12.1 Å². The van der Waals surface area contributed by atoms with E-state index in [-0.39, 0.29) is 17.2 Å². The van der Waals surface area contributed by atoms with Crippen LogP contribution < -0.4 is 10.6 Å². The van der Waals surface area contributed by atoms with Gasteiger partial charge in [0, 0.05) is 23.4 Å². The highest BCUT2D eigenvalue weighted by Gasteiger charge is 2.30. The number of benzene rings is 2. The summed E-state index contributed by atoms with van der Waals surface area (Å²) < 4.78 is 38.1. The molecule has 2 rings (SSSR count). The largest absolute Gasteiger partial charge is 0.416 e. The van der Waals surface area contributed by atoms with Crippen molar-refractivity contribution in [1.82, 2.24) is 5.32 Å². The fraction of sp³-hybridized carbons (Fsp3) is 0.263. The van der Waals surface area contributed by atoms with Crippen molar-refractivity contribution in [3.05, 3.63) is 65.2 Å². The van der Waals surface area contributed by atoms with Gasteiger partial charge < -0.3 is 10.6 Å². The summed E-state index contributed by atoms with van der Waals surface area (Å²) in [5.41, 5.74) is -0.134. The van der Waals surface area contributed by atoms with Gasteiger partial charge in [0.05, 0.1) is 5.56 Å². The second-order valence-electron chi connectivity index (χ2n) is 5.72. The maximum atomic E-state index is 12.7. The molecule has 0 bridgehead atoms. The lowest BCUT2D eigenvalue weighted by Crippen LogP contribution is -2.24. The first kappa shape index (κ1) is 19.5. The van der Waals surface area contributed by atoms with Gasteiger partial charge in [0.25, 0.3) is 11.8 Å². The number of carbonyl (C=O) groups excluding carboxylic acids is 2. The average molecular weight is 364 g/mol. The standard InChI is InChI=1S/C19H19F3N2O2/c1-2-3-11-23-17(25)13-7-9-14(10-8-13)18(26)24-16-6-4-5-15(12-16)19(20,21)22/h4-10,12H,2-3,11H2,1H3,(H,23,25)(H,24,26). The number of nitrogens with one attached hydrogen (secondary N) is 2. The summed E-state index contributed by atoms with van der Waals surface area (Å²) in [5, 5.41) is 5.18. The van der Waals surface area contributed by atoms with Crippen molar-refractivity contribution in [2.24, 2.45) is 0 Å². The van der Waals surface area contributed by atoms with E-state index in [9.17, 15) is 22.8 Å². The first-order valence-corrected chi connectivity index (χ1v) is 8.18. The van der Waals surface area contributed by atoms with E-state index in [1.807, 2.05) is 6.92 Å². The van der Waals surface area contributed by atoms with Gasteiger partial charge in [-0.05, 0) is 48.9 Å². The van der Waals surface area contributed by atoms with Crippen LogP contribution in [0.4, 0.5) is 18.9 Å². The van der Waals surface area contributed by atoms with Crippen LogP contribution >= 0.6 is 0 Å². The van der Waals surface area contributed by atoms with Crippen molar-refractivity contribution in [1.29, 1.82) is 0 Å². The van der Waals surface area contributed by atoms with Gasteiger partial charge in [-0.3, -0.25) is 9.59 Å². The molecule has 26 heavy (non-hydrogen) atoms. The van der Waals surface area contributed by atoms with Gasteiger partial charge in [-0.15, -0.1) is 0 Å². The number of halogens is 3. The molecule has 138 valence electrons. The highest BCUT2D eigenvalue weighted by atomic mass is 19.4. The van der Waals surface area contributed by atoms with Gasteiger partial charge in [-0.25, -0.2) is 0 Å². The number of alkyl halides is 3. The molecule has 0 saturated heterocycles. The van der Waals surface area contributed by atoms with Crippen LogP contribution in [-0.4, -0.2) is 18.4 Å². The molecule has 0 aromatic heterocycles. The molecule has 0 aliphatic carbocycles. The molecule has 2 amide bonds. The number of anilines is 1. The SMILES string of the molecule is CCCCNC(=O)c1ccc(C(=O)Nc2cccc(C(F)(F)F)c2)cc1. The molecule has 2 aromatic rings. The summed E-state index contributed by atoms with van der Waals surface area (Å²) in [5.74, 6) is -0.787.